The van der Waals surface area contributed by atoms with Gasteiger partial charge in [-0.15, -0.1) is 0 Å². The van der Waals surface area contributed by atoms with Crippen LogP contribution in [0, 0.1) is 13.8 Å². The fourth-order valence-corrected chi connectivity index (χ4v) is 5.33. The van der Waals surface area contributed by atoms with Crippen molar-refractivity contribution in [2.45, 2.75) is 26.8 Å². The zero-order valence-electron chi connectivity index (χ0n) is 18.2. The highest BCUT2D eigenvalue weighted by molar-refractivity contribution is 7.22. The summed E-state index contributed by atoms with van der Waals surface area (Å²) in [5.74, 6) is 0.0435. The van der Waals surface area contributed by atoms with Gasteiger partial charge in [0.2, 0.25) is 5.91 Å². The molecule has 32 heavy (non-hydrogen) atoms. The number of carbonyl (C=O) groups is 1. The number of hydrogen-bond donors (Lipinski definition) is 0. The number of aryl methyl sites for hydroxylation is 2. The van der Waals surface area contributed by atoms with E-state index in [9.17, 15) is 4.79 Å². The second-order valence-electron chi connectivity index (χ2n) is 8.05. The largest absolute Gasteiger partial charge is 0.286 e. The van der Waals surface area contributed by atoms with E-state index in [4.69, 9.17) is 4.98 Å². The van der Waals surface area contributed by atoms with Crippen molar-refractivity contribution in [3.05, 3.63) is 89.7 Å². The van der Waals surface area contributed by atoms with Gasteiger partial charge in [-0.05, 0) is 53.4 Å². The quantitative estimate of drug-likeness (QED) is 0.348. The summed E-state index contributed by atoms with van der Waals surface area (Å²) in [4.78, 5) is 20.3. The van der Waals surface area contributed by atoms with Crippen LogP contribution in [0.5, 0.6) is 0 Å². The molecule has 0 atom stereocenters. The molecule has 0 aliphatic rings. The van der Waals surface area contributed by atoms with Crippen LogP contribution in [0.2, 0.25) is 0 Å². The van der Waals surface area contributed by atoms with Gasteiger partial charge in [0, 0.05) is 18.9 Å². The molecule has 5 aromatic rings. The molecule has 5 nitrogen and oxygen atoms in total. The van der Waals surface area contributed by atoms with Crippen LogP contribution in [0.25, 0.3) is 21.0 Å². The van der Waals surface area contributed by atoms with Crippen LogP contribution in [-0.4, -0.2) is 27.2 Å². The highest BCUT2D eigenvalue weighted by Crippen LogP contribution is 2.32. The summed E-state index contributed by atoms with van der Waals surface area (Å²) in [6.07, 6.45) is 4.00. The number of fused-ring (bicyclic) bond motifs is 2. The molecule has 0 aliphatic heterocycles. The topological polar surface area (TPSA) is 51.0 Å². The van der Waals surface area contributed by atoms with Crippen molar-refractivity contribution < 1.29 is 4.79 Å². The second kappa shape index (κ2) is 8.55. The molecule has 0 spiro atoms. The predicted octanol–water partition coefficient (Wildman–Crippen LogP) is 5.54. The molecule has 3 aromatic carbocycles. The van der Waals surface area contributed by atoms with Crippen molar-refractivity contribution in [3.8, 4) is 0 Å². The lowest BCUT2D eigenvalue weighted by atomic mass is 10.0. The third kappa shape index (κ3) is 4.01. The normalized spacial score (nSPS) is 11.3. The first-order chi connectivity index (χ1) is 15.6. The zero-order chi connectivity index (χ0) is 22.1. The lowest BCUT2D eigenvalue weighted by Gasteiger charge is -2.20. The van der Waals surface area contributed by atoms with E-state index in [1.807, 2.05) is 46.1 Å². The summed E-state index contributed by atoms with van der Waals surface area (Å²) in [5.41, 5.74) is 4.34. The smallest absolute Gasteiger partial charge is 0.233 e. The Kier molecular flexibility index (Phi) is 5.45. The van der Waals surface area contributed by atoms with Crippen LogP contribution in [-0.2, 0) is 17.8 Å². The van der Waals surface area contributed by atoms with Gasteiger partial charge in [0.25, 0.3) is 0 Å². The zero-order valence-corrected chi connectivity index (χ0v) is 19.0. The van der Waals surface area contributed by atoms with Crippen LogP contribution in [0.4, 0.5) is 5.13 Å². The van der Waals surface area contributed by atoms with Gasteiger partial charge < -0.3 is 0 Å². The first-order valence-electron chi connectivity index (χ1n) is 10.7. The molecule has 0 N–H and O–H groups in total. The molecule has 2 aromatic heterocycles. The van der Waals surface area contributed by atoms with E-state index in [1.54, 1.807) is 17.5 Å². The number of nitrogens with zero attached hydrogens (tertiary/aromatic N) is 4. The number of aromatic nitrogens is 3. The van der Waals surface area contributed by atoms with E-state index >= 15 is 0 Å². The summed E-state index contributed by atoms with van der Waals surface area (Å²) in [5, 5.41) is 7.30. The highest BCUT2D eigenvalue weighted by Gasteiger charge is 2.21. The van der Waals surface area contributed by atoms with E-state index in [1.165, 1.54) is 5.56 Å². The number of hydrogen-bond acceptors (Lipinski definition) is 4. The molecule has 0 saturated carbocycles. The highest BCUT2D eigenvalue weighted by atomic mass is 32.1. The van der Waals surface area contributed by atoms with Gasteiger partial charge in [0.15, 0.2) is 5.13 Å². The molecule has 1 amide bonds. The van der Waals surface area contributed by atoms with Gasteiger partial charge in [0.1, 0.15) is 0 Å². The molecule has 0 radical (unpaired) electrons. The summed E-state index contributed by atoms with van der Waals surface area (Å²) in [6, 6.07) is 20.5. The van der Waals surface area contributed by atoms with E-state index in [-0.39, 0.29) is 5.91 Å². The maximum absolute atomic E-state index is 13.6. The van der Waals surface area contributed by atoms with Crippen LogP contribution in [0.1, 0.15) is 16.7 Å². The average molecular weight is 441 g/mol. The van der Waals surface area contributed by atoms with Crippen molar-refractivity contribution in [1.29, 1.82) is 0 Å². The molecule has 2 heterocycles. The van der Waals surface area contributed by atoms with Gasteiger partial charge in [-0.25, -0.2) is 4.98 Å². The number of amides is 1. The van der Waals surface area contributed by atoms with Gasteiger partial charge in [-0.2, -0.15) is 5.10 Å². The number of anilines is 1. The molecule has 0 aliphatic carbocycles. The third-order valence-electron chi connectivity index (χ3n) is 5.68. The van der Waals surface area contributed by atoms with Gasteiger partial charge in [0.05, 0.1) is 23.2 Å². The standard InChI is InChI=1S/C26H24N4OS/c1-18-15-19(2)25-23(16-18)32-26(28-25)30(14-13-29-12-6-11-27-29)24(31)17-21-9-5-8-20-7-3-4-10-22(20)21/h3-12,15-16H,13-14,17H2,1-2H3. The minimum atomic E-state index is 0.0435. The second-order valence-corrected chi connectivity index (χ2v) is 9.06. The monoisotopic (exact) mass is 440 g/mol. The van der Waals surface area contributed by atoms with E-state index < -0.39 is 0 Å². The lowest BCUT2D eigenvalue weighted by Crippen LogP contribution is -2.35. The van der Waals surface area contributed by atoms with Crippen molar-refractivity contribution in [1.82, 2.24) is 14.8 Å². The minimum Gasteiger partial charge on any atom is -0.286 e. The Morgan fingerprint density at radius 3 is 2.75 bits per heavy atom. The van der Waals surface area contributed by atoms with Crippen molar-refractivity contribution in [3.63, 3.8) is 0 Å². The maximum atomic E-state index is 13.6. The lowest BCUT2D eigenvalue weighted by molar-refractivity contribution is -0.118. The summed E-state index contributed by atoms with van der Waals surface area (Å²) < 4.78 is 2.96. The Labute approximate surface area is 190 Å². The SMILES string of the molecule is Cc1cc(C)c2nc(N(CCn3cccn3)C(=O)Cc3cccc4ccccc34)sc2c1. The Hall–Kier alpha value is -3.51. The molecule has 0 fully saturated rings. The van der Waals surface area contributed by atoms with Crippen molar-refractivity contribution in [2.75, 3.05) is 11.4 Å². The number of rotatable bonds is 6. The Morgan fingerprint density at radius 2 is 1.91 bits per heavy atom. The fourth-order valence-electron chi connectivity index (χ4n) is 4.14. The minimum absolute atomic E-state index is 0.0435. The first-order valence-corrected chi connectivity index (χ1v) is 11.5. The Bertz CT molecular complexity index is 1400. The summed E-state index contributed by atoms with van der Waals surface area (Å²) in [7, 11) is 0. The van der Waals surface area contributed by atoms with Crippen molar-refractivity contribution >= 4 is 43.4 Å². The predicted molar refractivity (Wildman–Crippen MR) is 131 cm³/mol. The van der Waals surface area contributed by atoms with E-state index in [0.29, 0.717) is 19.5 Å². The Morgan fingerprint density at radius 1 is 1.06 bits per heavy atom. The average Bonchev–Trinajstić information content (AvgIpc) is 3.44. The van der Waals surface area contributed by atoms with Crippen LogP contribution < -0.4 is 4.90 Å². The summed E-state index contributed by atoms with van der Waals surface area (Å²) in [6.45, 7) is 5.29. The molecular formula is C26H24N4OS. The van der Waals surface area contributed by atoms with Crippen molar-refractivity contribution in [2.24, 2.45) is 0 Å². The first kappa shape index (κ1) is 20.4. The molecular weight excluding hydrogens is 416 g/mol. The molecule has 0 saturated heterocycles. The number of thiazole rings is 1. The molecule has 0 bridgehead atoms. The molecule has 0 unspecified atom stereocenters. The van der Waals surface area contributed by atoms with Crippen LogP contribution in [0.15, 0.2) is 73.1 Å². The molecule has 6 heteroatoms. The van der Waals surface area contributed by atoms with E-state index in [0.717, 1.165) is 37.2 Å². The van der Waals surface area contributed by atoms with Gasteiger partial charge in [-0.3, -0.25) is 14.4 Å². The third-order valence-corrected chi connectivity index (χ3v) is 6.71. The Balaban J connectivity index is 1.50. The number of benzene rings is 3. The van der Waals surface area contributed by atoms with Gasteiger partial charge >= 0.3 is 0 Å². The van der Waals surface area contributed by atoms with Crippen LogP contribution >= 0.6 is 11.3 Å². The maximum Gasteiger partial charge on any atom is 0.233 e. The fraction of sp³-hybridized carbons (Fsp3) is 0.192. The summed E-state index contributed by atoms with van der Waals surface area (Å²) >= 11 is 1.58. The van der Waals surface area contributed by atoms with Gasteiger partial charge in [-0.1, -0.05) is 59.9 Å². The number of carbonyl (C=O) groups excluding carboxylic acids is 1. The molecule has 160 valence electrons. The van der Waals surface area contributed by atoms with E-state index in [2.05, 4.69) is 49.3 Å². The van der Waals surface area contributed by atoms with Crippen LogP contribution in [0.3, 0.4) is 0 Å². The molecule has 5 rings (SSSR count).